The molecule has 0 aliphatic heterocycles. The molecule has 0 aliphatic rings. The Morgan fingerprint density at radius 1 is 1.16 bits per heavy atom. The van der Waals surface area contributed by atoms with Gasteiger partial charge in [-0.1, -0.05) is 53.6 Å². The minimum absolute atomic E-state index is 0.0276. The van der Waals surface area contributed by atoms with E-state index in [1.54, 1.807) is 18.0 Å². The summed E-state index contributed by atoms with van der Waals surface area (Å²) in [7, 11) is 1.76. The van der Waals surface area contributed by atoms with Gasteiger partial charge in [0, 0.05) is 19.2 Å². The number of carbonyl (C=O) groups is 1. The van der Waals surface area contributed by atoms with Gasteiger partial charge < -0.3 is 4.90 Å². The van der Waals surface area contributed by atoms with Gasteiger partial charge >= 0.3 is 0 Å². The molecular formula is C18H18ClN5O. The van der Waals surface area contributed by atoms with Crippen molar-refractivity contribution in [3.8, 4) is 11.4 Å². The number of tetrazole rings is 1. The fourth-order valence-electron chi connectivity index (χ4n) is 2.36. The fraction of sp³-hybridized carbons (Fsp3) is 0.222. The van der Waals surface area contributed by atoms with E-state index >= 15 is 0 Å². The zero-order valence-electron chi connectivity index (χ0n) is 14.1. The first-order chi connectivity index (χ1) is 12.0. The molecule has 25 heavy (non-hydrogen) atoms. The van der Waals surface area contributed by atoms with Gasteiger partial charge in [0.25, 0.3) is 0 Å². The Balaban J connectivity index is 1.65. The van der Waals surface area contributed by atoms with E-state index < -0.39 is 0 Å². The van der Waals surface area contributed by atoms with Crippen molar-refractivity contribution in [3.05, 3.63) is 64.7 Å². The lowest BCUT2D eigenvalue weighted by Crippen LogP contribution is -2.30. The normalized spacial score (nSPS) is 10.7. The number of rotatable bonds is 5. The lowest BCUT2D eigenvalue weighted by Gasteiger charge is -2.16. The molecule has 3 aromatic rings. The van der Waals surface area contributed by atoms with Gasteiger partial charge in [0.2, 0.25) is 11.7 Å². The minimum Gasteiger partial charge on any atom is -0.340 e. The molecule has 0 unspecified atom stereocenters. The zero-order chi connectivity index (χ0) is 17.8. The first-order valence-electron chi connectivity index (χ1n) is 7.85. The second kappa shape index (κ2) is 7.44. The number of amides is 1. The predicted octanol–water partition coefficient (Wildman–Crippen LogP) is 2.96. The summed E-state index contributed by atoms with van der Waals surface area (Å²) < 4.78 is 0. The molecule has 0 N–H and O–H groups in total. The number of halogens is 1. The van der Waals surface area contributed by atoms with Crippen molar-refractivity contribution < 1.29 is 4.79 Å². The van der Waals surface area contributed by atoms with E-state index in [0.717, 1.165) is 5.56 Å². The van der Waals surface area contributed by atoms with E-state index in [4.69, 9.17) is 11.6 Å². The number of aromatic nitrogens is 4. The van der Waals surface area contributed by atoms with E-state index in [0.29, 0.717) is 23.0 Å². The Morgan fingerprint density at radius 2 is 1.88 bits per heavy atom. The molecular weight excluding hydrogens is 338 g/mol. The molecule has 7 heteroatoms. The van der Waals surface area contributed by atoms with Gasteiger partial charge in [-0.25, -0.2) is 0 Å². The highest BCUT2D eigenvalue weighted by Gasteiger charge is 2.14. The van der Waals surface area contributed by atoms with E-state index in [1.165, 1.54) is 10.4 Å². The van der Waals surface area contributed by atoms with Gasteiger partial charge in [-0.15, -0.1) is 10.2 Å². The summed E-state index contributed by atoms with van der Waals surface area (Å²) >= 11 is 6.13. The van der Waals surface area contributed by atoms with Crippen LogP contribution in [-0.2, 0) is 17.9 Å². The molecule has 1 heterocycles. The third-order valence-corrected chi connectivity index (χ3v) is 4.14. The highest BCUT2D eigenvalue weighted by atomic mass is 35.5. The molecule has 0 bridgehead atoms. The summed E-state index contributed by atoms with van der Waals surface area (Å²) in [6.07, 6.45) is 0. The van der Waals surface area contributed by atoms with Crippen molar-refractivity contribution in [3.63, 3.8) is 0 Å². The third kappa shape index (κ3) is 4.22. The number of hydrogen-bond acceptors (Lipinski definition) is 4. The van der Waals surface area contributed by atoms with Crippen LogP contribution in [0.5, 0.6) is 0 Å². The van der Waals surface area contributed by atoms with Crippen molar-refractivity contribution in [1.29, 1.82) is 0 Å². The van der Waals surface area contributed by atoms with Crippen molar-refractivity contribution in [2.75, 3.05) is 7.05 Å². The van der Waals surface area contributed by atoms with Crippen LogP contribution in [0.4, 0.5) is 0 Å². The first-order valence-corrected chi connectivity index (χ1v) is 8.23. The largest absolute Gasteiger partial charge is 0.340 e. The monoisotopic (exact) mass is 355 g/mol. The van der Waals surface area contributed by atoms with Crippen LogP contribution >= 0.6 is 11.6 Å². The van der Waals surface area contributed by atoms with Gasteiger partial charge in [0.05, 0.1) is 5.02 Å². The van der Waals surface area contributed by atoms with E-state index in [1.807, 2.05) is 49.4 Å². The molecule has 3 rings (SSSR count). The number of benzene rings is 2. The molecule has 0 saturated heterocycles. The Kier molecular flexibility index (Phi) is 5.09. The van der Waals surface area contributed by atoms with Crippen molar-refractivity contribution in [1.82, 2.24) is 25.1 Å². The lowest BCUT2D eigenvalue weighted by molar-refractivity contribution is -0.131. The SMILES string of the molecule is Cc1ccc(CN(C)C(=O)Cn2nnc(-c3ccccc3Cl)n2)cc1. The van der Waals surface area contributed by atoms with E-state index in [9.17, 15) is 4.79 Å². The van der Waals surface area contributed by atoms with Gasteiger partial charge in [-0.05, 0) is 29.8 Å². The molecule has 1 amide bonds. The number of carbonyl (C=O) groups excluding carboxylic acids is 1. The average molecular weight is 356 g/mol. The summed E-state index contributed by atoms with van der Waals surface area (Å²) in [6.45, 7) is 2.59. The number of hydrogen-bond donors (Lipinski definition) is 0. The molecule has 2 aromatic carbocycles. The summed E-state index contributed by atoms with van der Waals surface area (Å²) in [5, 5.41) is 12.7. The van der Waals surface area contributed by atoms with E-state index in [-0.39, 0.29) is 12.5 Å². The Labute approximate surface area is 151 Å². The number of likely N-dealkylation sites (N-methyl/N-ethyl adjacent to an activating group) is 1. The number of aryl methyl sites for hydroxylation is 1. The maximum Gasteiger partial charge on any atom is 0.246 e. The summed E-state index contributed by atoms with van der Waals surface area (Å²) in [5.41, 5.74) is 2.96. The van der Waals surface area contributed by atoms with Gasteiger partial charge in [0.1, 0.15) is 6.54 Å². The fourth-order valence-corrected chi connectivity index (χ4v) is 2.58. The molecule has 0 aliphatic carbocycles. The van der Waals surface area contributed by atoms with E-state index in [2.05, 4.69) is 15.4 Å². The van der Waals surface area contributed by atoms with Crippen LogP contribution in [-0.4, -0.2) is 38.1 Å². The van der Waals surface area contributed by atoms with Crippen LogP contribution in [0.15, 0.2) is 48.5 Å². The topological polar surface area (TPSA) is 63.9 Å². The Morgan fingerprint density at radius 3 is 2.60 bits per heavy atom. The Bertz CT molecular complexity index is 875. The van der Waals surface area contributed by atoms with Crippen molar-refractivity contribution in [2.45, 2.75) is 20.0 Å². The lowest BCUT2D eigenvalue weighted by atomic mass is 10.1. The summed E-state index contributed by atoms with van der Waals surface area (Å²) in [4.78, 5) is 15.3. The molecule has 128 valence electrons. The van der Waals surface area contributed by atoms with Crippen LogP contribution in [0, 0.1) is 6.92 Å². The molecule has 0 fully saturated rings. The van der Waals surface area contributed by atoms with Crippen LogP contribution in [0.2, 0.25) is 5.02 Å². The second-order valence-corrected chi connectivity index (χ2v) is 6.27. The Hall–Kier alpha value is -2.73. The second-order valence-electron chi connectivity index (χ2n) is 5.86. The zero-order valence-corrected chi connectivity index (χ0v) is 14.8. The van der Waals surface area contributed by atoms with Crippen molar-refractivity contribution in [2.24, 2.45) is 0 Å². The molecule has 0 spiro atoms. The maximum atomic E-state index is 12.4. The molecule has 6 nitrogen and oxygen atoms in total. The molecule has 1 aromatic heterocycles. The smallest absolute Gasteiger partial charge is 0.246 e. The van der Waals surface area contributed by atoms with Gasteiger partial charge in [-0.3, -0.25) is 4.79 Å². The first kappa shape index (κ1) is 17.1. The predicted molar refractivity (Wildman–Crippen MR) is 95.9 cm³/mol. The average Bonchev–Trinajstić information content (AvgIpc) is 3.05. The third-order valence-electron chi connectivity index (χ3n) is 3.81. The van der Waals surface area contributed by atoms with Crippen LogP contribution in [0.25, 0.3) is 11.4 Å². The van der Waals surface area contributed by atoms with Crippen LogP contribution in [0.1, 0.15) is 11.1 Å². The van der Waals surface area contributed by atoms with Crippen molar-refractivity contribution >= 4 is 17.5 Å². The summed E-state index contributed by atoms with van der Waals surface area (Å²) in [6, 6.07) is 15.4. The summed E-state index contributed by atoms with van der Waals surface area (Å²) in [5.74, 6) is 0.309. The van der Waals surface area contributed by atoms with Crippen LogP contribution in [0.3, 0.4) is 0 Å². The molecule has 0 radical (unpaired) electrons. The highest BCUT2D eigenvalue weighted by molar-refractivity contribution is 6.33. The van der Waals surface area contributed by atoms with Gasteiger partial charge in [-0.2, -0.15) is 4.80 Å². The quantitative estimate of drug-likeness (QED) is 0.705. The maximum absolute atomic E-state index is 12.4. The van der Waals surface area contributed by atoms with Crippen LogP contribution < -0.4 is 0 Å². The minimum atomic E-state index is -0.0938. The highest BCUT2D eigenvalue weighted by Crippen LogP contribution is 2.23. The number of nitrogens with zero attached hydrogens (tertiary/aromatic N) is 5. The molecule has 0 saturated carbocycles. The standard InChI is InChI=1S/C18H18ClN5O/c1-13-7-9-14(10-8-13)11-23(2)17(25)12-24-21-18(20-22-24)15-5-3-4-6-16(15)19/h3-10H,11-12H2,1-2H3. The van der Waals surface area contributed by atoms with Gasteiger partial charge in [0.15, 0.2) is 0 Å². The molecule has 0 atom stereocenters.